The number of carboxylic acids is 1. The van der Waals surface area contributed by atoms with E-state index in [1.165, 1.54) is 48.3 Å². The van der Waals surface area contributed by atoms with Crippen molar-refractivity contribution in [3.8, 4) is 5.75 Å². The number of sulfonamides is 1. The summed E-state index contributed by atoms with van der Waals surface area (Å²) in [5.41, 5.74) is 3.54. The molecule has 1 aliphatic rings. The molecule has 1 fully saturated rings. The number of hydrogen-bond acceptors (Lipinski definition) is 9. The molecule has 4 atom stereocenters. The molecular weight excluding hydrogens is 855 g/mol. The fraction of sp³-hybridized carbons (Fsp3) is 0.362. The zero-order chi connectivity index (χ0) is 47.3. The maximum Gasteiger partial charge on any atom is 0.326 e. The van der Waals surface area contributed by atoms with Gasteiger partial charge in [0.2, 0.25) is 33.7 Å². The van der Waals surface area contributed by atoms with E-state index >= 15 is 0 Å². The number of aromatic hydroxyl groups is 1. The molecule has 7 N–H and O–H groups in total. The van der Waals surface area contributed by atoms with Gasteiger partial charge in [0.1, 0.15) is 23.9 Å². The molecule has 6 amide bonds. The topological polar surface area (TPSA) is 244 Å². The summed E-state index contributed by atoms with van der Waals surface area (Å²) in [6.45, 7) is 5.23. The standard InChI is InChI=1S/C47H57N7O10S/c1-30(2)26-40(53(4)43(57)27-33-14-19-34(20-15-33)50-47(62)52-38-13-9-8-10-31(38)3)44(58)48-25-24-39(46(60)61)51-45(59)41-28-35(29-54(41)65(63,64)37-11-6-5-7-12-37)49-42(56)23-18-32-16-21-36(55)22-17-32/h5-17,19-22,30,35,39-41,55H,18,23-29H2,1-4H3,(H,48,58)(H,49,56)(H,51,59)(H,60,61)(H2,50,52,62)/t35-,39+,40+,41+/m1/s1. The predicted octanol–water partition coefficient (Wildman–Crippen LogP) is 4.42. The Hall–Kier alpha value is -6.79. The van der Waals surface area contributed by atoms with Crippen LogP contribution in [0.4, 0.5) is 16.2 Å². The number of anilines is 2. The van der Waals surface area contributed by atoms with E-state index in [1.54, 1.807) is 48.5 Å². The lowest BCUT2D eigenvalue weighted by atomic mass is 10.0. The third-order valence-electron chi connectivity index (χ3n) is 11.0. The lowest BCUT2D eigenvalue weighted by Gasteiger charge is -2.29. The number of aryl methyl sites for hydroxylation is 2. The van der Waals surface area contributed by atoms with Gasteiger partial charge in [-0.05, 0) is 97.7 Å². The van der Waals surface area contributed by atoms with Gasteiger partial charge in [-0.25, -0.2) is 18.0 Å². The molecule has 1 heterocycles. The van der Waals surface area contributed by atoms with E-state index in [4.69, 9.17) is 0 Å². The maximum atomic E-state index is 13.8. The van der Waals surface area contributed by atoms with Crippen LogP contribution in [0.2, 0.25) is 0 Å². The van der Waals surface area contributed by atoms with Gasteiger partial charge in [0.05, 0.1) is 11.3 Å². The minimum atomic E-state index is -4.27. The van der Waals surface area contributed by atoms with Crippen LogP contribution in [0, 0.1) is 12.8 Å². The summed E-state index contributed by atoms with van der Waals surface area (Å²) >= 11 is 0. The third-order valence-corrected chi connectivity index (χ3v) is 12.9. The molecule has 0 aromatic heterocycles. The summed E-state index contributed by atoms with van der Waals surface area (Å²) in [4.78, 5) is 80.2. The van der Waals surface area contributed by atoms with Crippen molar-refractivity contribution >= 4 is 57.0 Å². The molecule has 0 unspecified atom stereocenters. The van der Waals surface area contributed by atoms with Crippen LogP contribution < -0.4 is 26.6 Å². The van der Waals surface area contributed by atoms with Crippen molar-refractivity contribution in [1.29, 1.82) is 0 Å². The lowest BCUT2D eigenvalue weighted by Crippen LogP contribution is -2.52. The van der Waals surface area contributed by atoms with Gasteiger partial charge in [0.25, 0.3) is 0 Å². The van der Waals surface area contributed by atoms with E-state index in [2.05, 4.69) is 26.6 Å². The lowest BCUT2D eigenvalue weighted by molar-refractivity contribution is -0.142. The van der Waals surface area contributed by atoms with Crippen LogP contribution in [0.15, 0.2) is 108 Å². The first kappa shape index (κ1) is 49.2. The minimum Gasteiger partial charge on any atom is -0.508 e. The smallest absolute Gasteiger partial charge is 0.326 e. The molecule has 0 saturated carbocycles. The van der Waals surface area contributed by atoms with Gasteiger partial charge in [-0.15, -0.1) is 0 Å². The van der Waals surface area contributed by atoms with E-state index in [-0.39, 0.29) is 67.2 Å². The van der Waals surface area contributed by atoms with Crippen molar-refractivity contribution in [2.75, 3.05) is 30.8 Å². The molecule has 5 rings (SSSR count). The molecule has 4 aromatic carbocycles. The molecule has 0 bridgehead atoms. The van der Waals surface area contributed by atoms with Crippen LogP contribution in [0.3, 0.4) is 0 Å². The largest absolute Gasteiger partial charge is 0.508 e. The molecule has 0 spiro atoms. The number of carbonyl (C=O) groups excluding carboxylic acids is 5. The highest BCUT2D eigenvalue weighted by molar-refractivity contribution is 7.89. The highest BCUT2D eigenvalue weighted by Crippen LogP contribution is 2.27. The Morgan fingerprint density at radius 3 is 2.14 bits per heavy atom. The Labute approximate surface area is 379 Å². The number of amides is 6. The summed E-state index contributed by atoms with van der Waals surface area (Å²) in [7, 11) is -2.76. The van der Waals surface area contributed by atoms with Crippen molar-refractivity contribution in [3.05, 3.63) is 120 Å². The average molecular weight is 912 g/mol. The Morgan fingerprint density at radius 1 is 0.846 bits per heavy atom. The maximum absolute atomic E-state index is 13.8. The first-order chi connectivity index (χ1) is 30.9. The number of nitrogens with one attached hydrogen (secondary N) is 5. The number of para-hydroxylation sites is 1. The molecule has 346 valence electrons. The molecule has 1 saturated heterocycles. The number of rotatable bonds is 20. The van der Waals surface area contributed by atoms with Crippen molar-refractivity contribution in [3.63, 3.8) is 0 Å². The van der Waals surface area contributed by atoms with E-state index in [9.17, 15) is 47.4 Å². The third kappa shape index (κ3) is 14.1. The second kappa shape index (κ2) is 22.7. The van der Waals surface area contributed by atoms with Gasteiger partial charge in [-0.1, -0.05) is 74.5 Å². The SMILES string of the molecule is Cc1ccccc1NC(=O)Nc1ccc(CC(=O)N(C)[C@@H](CC(C)C)C(=O)NCC[C@H](NC(=O)[C@@H]2C[C@@H](NC(=O)CCc3ccc(O)cc3)CN2S(=O)(=O)c2ccccc2)C(=O)O)cc1. The molecule has 17 nitrogen and oxygen atoms in total. The minimum absolute atomic E-state index is 0.00219. The molecule has 18 heteroatoms. The number of phenols is 1. The van der Waals surface area contributed by atoms with E-state index < -0.39 is 58.0 Å². The number of hydrogen-bond donors (Lipinski definition) is 7. The van der Waals surface area contributed by atoms with E-state index in [0.29, 0.717) is 29.8 Å². The molecule has 65 heavy (non-hydrogen) atoms. The number of carboxylic acid groups (broad SMARTS) is 1. The molecular formula is C47H57N7O10S. The van der Waals surface area contributed by atoms with Crippen LogP contribution in [0.1, 0.15) is 56.2 Å². The number of aliphatic carboxylic acids is 1. The van der Waals surface area contributed by atoms with Crippen LogP contribution in [0.5, 0.6) is 5.75 Å². The zero-order valence-electron chi connectivity index (χ0n) is 36.8. The second-order valence-electron chi connectivity index (χ2n) is 16.5. The molecule has 1 aliphatic heterocycles. The van der Waals surface area contributed by atoms with Crippen molar-refractivity contribution in [2.24, 2.45) is 5.92 Å². The fourth-order valence-electron chi connectivity index (χ4n) is 7.41. The second-order valence-corrected chi connectivity index (χ2v) is 18.4. The molecule has 4 aromatic rings. The predicted molar refractivity (Wildman–Crippen MR) is 244 cm³/mol. The number of nitrogens with zero attached hydrogens (tertiary/aromatic N) is 2. The summed E-state index contributed by atoms with van der Waals surface area (Å²) < 4.78 is 28.7. The highest BCUT2D eigenvalue weighted by Gasteiger charge is 2.45. The quantitative estimate of drug-likeness (QED) is 0.0659. The average Bonchev–Trinajstić information content (AvgIpc) is 3.71. The number of phenolic OH excluding ortho intramolecular Hbond substituents is 1. The molecule has 0 aliphatic carbocycles. The van der Waals surface area contributed by atoms with Crippen LogP contribution in [-0.4, -0.2) is 108 Å². The van der Waals surface area contributed by atoms with E-state index in [0.717, 1.165) is 15.4 Å². The fourth-order valence-corrected chi connectivity index (χ4v) is 9.07. The monoisotopic (exact) mass is 911 g/mol. The number of urea groups is 1. The number of likely N-dealkylation sites (N-methyl/N-ethyl adjacent to an activating group) is 1. The summed E-state index contributed by atoms with van der Waals surface area (Å²) in [5, 5.41) is 33.2. The van der Waals surface area contributed by atoms with Gasteiger partial charge in [-0.3, -0.25) is 19.2 Å². The number of carbonyl (C=O) groups is 6. The van der Waals surface area contributed by atoms with E-state index in [1.807, 2.05) is 39.0 Å². The zero-order valence-corrected chi connectivity index (χ0v) is 37.6. The summed E-state index contributed by atoms with van der Waals surface area (Å²) in [6.07, 6.45) is 0.274. The summed E-state index contributed by atoms with van der Waals surface area (Å²) in [6, 6.07) is 22.9. The number of benzene rings is 4. The normalized spacial score (nSPS) is 15.9. The van der Waals surface area contributed by atoms with Crippen LogP contribution >= 0.6 is 0 Å². The van der Waals surface area contributed by atoms with Crippen molar-refractivity contribution < 1.29 is 47.4 Å². The van der Waals surface area contributed by atoms with Gasteiger partial charge < -0.3 is 41.7 Å². The summed E-state index contributed by atoms with van der Waals surface area (Å²) in [5.74, 6) is -3.47. The van der Waals surface area contributed by atoms with Crippen molar-refractivity contribution in [1.82, 2.24) is 25.2 Å². The highest BCUT2D eigenvalue weighted by atomic mass is 32.2. The van der Waals surface area contributed by atoms with Crippen LogP contribution in [-0.2, 0) is 46.8 Å². The first-order valence-electron chi connectivity index (χ1n) is 21.3. The Morgan fingerprint density at radius 2 is 1.49 bits per heavy atom. The van der Waals surface area contributed by atoms with Crippen LogP contribution in [0.25, 0.3) is 0 Å². The van der Waals surface area contributed by atoms with Crippen molar-refractivity contribution in [2.45, 2.75) is 88.4 Å². The molecule has 0 radical (unpaired) electrons. The Balaban J connectivity index is 1.17. The van der Waals surface area contributed by atoms with Gasteiger partial charge in [-0.2, -0.15) is 4.31 Å². The first-order valence-corrected chi connectivity index (χ1v) is 22.8. The Kier molecular flexibility index (Phi) is 17.2. The van der Waals surface area contributed by atoms with Gasteiger partial charge in [0, 0.05) is 44.0 Å². The van der Waals surface area contributed by atoms with Gasteiger partial charge >= 0.3 is 12.0 Å². The Bertz CT molecular complexity index is 2420. The van der Waals surface area contributed by atoms with Gasteiger partial charge in [0.15, 0.2) is 0 Å².